The summed E-state index contributed by atoms with van der Waals surface area (Å²) in [7, 11) is 0. The van der Waals surface area contributed by atoms with E-state index in [0.29, 0.717) is 37.3 Å². The summed E-state index contributed by atoms with van der Waals surface area (Å²) in [5.74, 6) is -1.91. The normalized spacial score (nSPS) is 18.6. The van der Waals surface area contributed by atoms with Crippen molar-refractivity contribution in [2.45, 2.75) is 49.9 Å². The summed E-state index contributed by atoms with van der Waals surface area (Å²) in [4.78, 5) is 58.2. The van der Waals surface area contributed by atoms with Crippen LogP contribution in [-0.4, -0.2) is 92.1 Å². The molecule has 0 radical (unpaired) electrons. The summed E-state index contributed by atoms with van der Waals surface area (Å²) in [6.07, 6.45) is 6.27. The number of hydrogen-bond acceptors (Lipinski definition) is 8. The molecule has 0 aliphatic carbocycles. The molecule has 11 nitrogen and oxygen atoms in total. The topological polar surface area (TPSA) is 171 Å². The average molecular weight is 487 g/mol. The first kappa shape index (κ1) is 26.0. The van der Waals surface area contributed by atoms with E-state index in [9.17, 15) is 24.3 Å². The molecule has 1 aromatic heterocycles. The van der Waals surface area contributed by atoms with Crippen LogP contribution in [0.15, 0.2) is 12.5 Å². The van der Waals surface area contributed by atoms with Crippen LogP contribution in [0.2, 0.25) is 0 Å². The Hall–Kier alpha value is -2.25. The number of carboxylic acid groups (broad SMARTS) is 1. The fourth-order valence-corrected chi connectivity index (χ4v) is 4.08. The van der Waals surface area contributed by atoms with E-state index >= 15 is 0 Å². The minimum atomic E-state index is -1.06. The van der Waals surface area contributed by atoms with Crippen LogP contribution >= 0.6 is 24.4 Å². The quantitative estimate of drug-likeness (QED) is 0.204. The van der Waals surface area contributed by atoms with Gasteiger partial charge in [0.1, 0.15) is 18.1 Å². The van der Waals surface area contributed by atoms with Crippen LogP contribution in [0.5, 0.6) is 0 Å². The number of carbonyl (C=O) groups is 4. The van der Waals surface area contributed by atoms with Gasteiger partial charge in [-0.25, -0.2) is 9.78 Å². The van der Waals surface area contributed by atoms with Crippen LogP contribution in [-0.2, 0) is 25.6 Å². The number of likely N-dealkylation sites (tertiary alicyclic amines) is 1. The molecular formula is C19H30N6O5S2. The van der Waals surface area contributed by atoms with Crippen molar-refractivity contribution in [3.8, 4) is 0 Å². The van der Waals surface area contributed by atoms with Crippen molar-refractivity contribution >= 4 is 48.1 Å². The monoisotopic (exact) mass is 486 g/mol. The first-order valence-electron chi connectivity index (χ1n) is 10.2. The molecule has 6 N–H and O–H groups in total. The smallest absolute Gasteiger partial charge is 0.326 e. The molecule has 1 fully saturated rings. The molecule has 3 amide bonds. The van der Waals surface area contributed by atoms with E-state index in [4.69, 9.17) is 5.73 Å². The Morgan fingerprint density at radius 1 is 1.34 bits per heavy atom. The number of aliphatic carboxylic acids is 1. The van der Waals surface area contributed by atoms with Crippen LogP contribution in [0.4, 0.5) is 0 Å². The Bertz CT molecular complexity index is 793. The first-order chi connectivity index (χ1) is 15.3. The molecule has 1 saturated heterocycles. The maximum Gasteiger partial charge on any atom is 0.326 e. The lowest BCUT2D eigenvalue weighted by molar-refractivity contribution is -0.149. The summed E-state index contributed by atoms with van der Waals surface area (Å²) in [6.45, 7) is 0.326. The van der Waals surface area contributed by atoms with Crippen LogP contribution < -0.4 is 16.4 Å². The zero-order chi connectivity index (χ0) is 23.7. The van der Waals surface area contributed by atoms with Gasteiger partial charge in [-0.15, -0.1) is 0 Å². The number of nitrogens with two attached hydrogens (primary N) is 1. The van der Waals surface area contributed by atoms with E-state index in [1.54, 1.807) is 0 Å². The number of amides is 3. The molecule has 0 bridgehead atoms. The zero-order valence-electron chi connectivity index (χ0n) is 17.8. The zero-order valence-corrected chi connectivity index (χ0v) is 19.5. The van der Waals surface area contributed by atoms with E-state index in [2.05, 4.69) is 33.2 Å². The third-order valence-electron chi connectivity index (χ3n) is 5.19. The number of nitrogens with zero attached hydrogens (tertiary/aromatic N) is 2. The summed E-state index contributed by atoms with van der Waals surface area (Å²) >= 11 is 5.52. The van der Waals surface area contributed by atoms with Gasteiger partial charge in [-0.2, -0.15) is 24.4 Å². The number of carboxylic acids is 1. The number of aromatic nitrogens is 2. The summed E-state index contributed by atoms with van der Waals surface area (Å²) in [6, 6.07) is -3.71. The number of thioether (sulfide) groups is 1. The molecule has 13 heteroatoms. The second kappa shape index (κ2) is 12.7. The Morgan fingerprint density at radius 3 is 2.66 bits per heavy atom. The van der Waals surface area contributed by atoms with Gasteiger partial charge in [-0.05, 0) is 31.3 Å². The molecule has 2 heterocycles. The Labute approximate surface area is 196 Å². The van der Waals surface area contributed by atoms with Crippen molar-refractivity contribution in [1.29, 1.82) is 0 Å². The molecule has 4 atom stereocenters. The van der Waals surface area contributed by atoms with Crippen molar-refractivity contribution in [1.82, 2.24) is 25.5 Å². The predicted molar refractivity (Wildman–Crippen MR) is 123 cm³/mol. The van der Waals surface area contributed by atoms with Gasteiger partial charge in [0.15, 0.2) is 0 Å². The number of imidazole rings is 1. The van der Waals surface area contributed by atoms with E-state index in [1.165, 1.54) is 29.2 Å². The molecule has 0 spiro atoms. The van der Waals surface area contributed by atoms with Crippen LogP contribution in [0.1, 0.15) is 25.0 Å². The van der Waals surface area contributed by atoms with Crippen LogP contribution in [0.3, 0.4) is 0 Å². The van der Waals surface area contributed by atoms with Gasteiger partial charge >= 0.3 is 5.97 Å². The van der Waals surface area contributed by atoms with Crippen molar-refractivity contribution < 1.29 is 24.3 Å². The molecule has 0 aromatic carbocycles. The molecule has 1 aromatic rings. The number of hydrogen-bond donors (Lipinski definition) is 6. The average Bonchev–Trinajstić information content (AvgIpc) is 3.46. The van der Waals surface area contributed by atoms with Crippen molar-refractivity contribution in [3.63, 3.8) is 0 Å². The maximum atomic E-state index is 13.1. The molecule has 4 unspecified atom stereocenters. The molecule has 32 heavy (non-hydrogen) atoms. The lowest BCUT2D eigenvalue weighted by Crippen LogP contribution is -2.58. The van der Waals surface area contributed by atoms with Gasteiger partial charge in [-0.1, -0.05) is 0 Å². The summed E-state index contributed by atoms with van der Waals surface area (Å²) in [5.41, 5.74) is 6.33. The van der Waals surface area contributed by atoms with Gasteiger partial charge in [0.25, 0.3) is 0 Å². The highest BCUT2D eigenvalue weighted by Gasteiger charge is 2.38. The van der Waals surface area contributed by atoms with E-state index in [-0.39, 0.29) is 12.2 Å². The van der Waals surface area contributed by atoms with Crippen molar-refractivity contribution in [2.24, 2.45) is 5.73 Å². The fourth-order valence-electron chi connectivity index (χ4n) is 3.44. The molecule has 178 valence electrons. The molecule has 2 rings (SSSR count). The molecule has 1 aliphatic heterocycles. The SMILES string of the molecule is CSCCC(NC(=O)C(Cc1cnc[nH]1)NC(=O)C(N)CS)C(=O)N1CCCC1C(=O)O. The number of rotatable bonds is 12. The van der Waals surface area contributed by atoms with Crippen LogP contribution in [0, 0.1) is 0 Å². The van der Waals surface area contributed by atoms with Gasteiger partial charge in [0.05, 0.1) is 12.4 Å². The van der Waals surface area contributed by atoms with E-state index in [0.717, 1.165) is 0 Å². The highest BCUT2D eigenvalue weighted by atomic mass is 32.2. The minimum absolute atomic E-state index is 0.102. The second-order valence-electron chi connectivity index (χ2n) is 7.50. The van der Waals surface area contributed by atoms with Gasteiger partial charge in [0, 0.05) is 30.6 Å². The standard InChI is InChI=1S/C19H30N6O5S2/c1-32-6-4-13(18(28)25-5-2-3-15(25)19(29)30)23-17(27)14(7-11-8-21-10-22-11)24-16(26)12(20)9-31/h8,10,12-15,31H,2-7,9,20H2,1H3,(H,21,22)(H,23,27)(H,24,26)(H,29,30). The fraction of sp³-hybridized carbons (Fsp3) is 0.632. The molecular weight excluding hydrogens is 456 g/mol. The lowest BCUT2D eigenvalue weighted by atomic mass is 10.1. The lowest BCUT2D eigenvalue weighted by Gasteiger charge is -2.29. The summed E-state index contributed by atoms with van der Waals surface area (Å²) in [5, 5.41) is 14.7. The maximum absolute atomic E-state index is 13.1. The van der Waals surface area contributed by atoms with E-state index in [1.807, 2.05) is 6.26 Å². The van der Waals surface area contributed by atoms with Crippen molar-refractivity contribution in [3.05, 3.63) is 18.2 Å². The Morgan fingerprint density at radius 2 is 2.06 bits per heavy atom. The number of thiol groups is 1. The molecule has 1 aliphatic rings. The summed E-state index contributed by atoms with van der Waals surface area (Å²) < 4.78 is 0. The number of aromatic amines is 1. The number of H-pyrrole nitrogens is 1. The van der Waals surface area contributed by atoms with Gasteiger partial charge < -0.3 is 31.4 Å². The van der Waals surface area contributed by atoms with E-state index < -0.39 is 47.9 Å². The number of nitrogens with one attached hydrogen (secondary N) is 3. The van der Waals surface area contributed by atoms with Gasteiger partial charge in [-0.3, -0.25) is 14.4 Å². The third kappa shape index (κ3) is 7.14. The Balaban J connectivity index is 2.17. The number of carbonyl (C=O) groups excluding carboxylic acids is 3. The predicted octanol–water partition coefficient (Wildman–Crippen LogP) is -0.992. The first-order valence-corrected chi connectivity index (χ1v) is 12.3. The third-order valence-corrected chi connectivity index (χ3v) is 6.23. The van der Waals surface area contributed by atoms with Crippen molar-refractivity contribution in [2.75, 3.05) is 24.3 Å². The highest BCUT2D eigenvalue weighted by Crippen LogP contribution is 2.20. The highest BCUT2D eigenvalue weighted by molar-refractivity contribution is 7.98. The minimum Gasteiger partial charge on any atom is -0.480 e. The van der Waals surface area contributed by atoms with Gasteiger partial charge in [0.2, 0.25) is 17.7 Å². The largest absolute Gasteiger partial charge is 0.480 e. The second-order valence-corrected chi connectivity index (χ2v) is 8.85. The van der Waals surface area contributed by atoms with Crippen LogP contribution in [0.25, 0.3) is 0 Å². The Kier molecular flexibility index (Phi) is 10.3. The molecule has 0 saturated carbocycles.